The fraction of sp³-hybridized carbons (Fsp3) is 0.0833. The Balaban J connectivity index is 2.57. The summed E-state index contributed by atoms with van der Waals surface area (Å²) in [6.07, 6.45) is 0. The molecule has 0 aliphatic rings. The second kappa shape index (κ2) is 4.89. The Bertz CT molecular complexity index is 634. The molecular formula is C12H9FN2O4. The smallest absolute Gasteiger partial charge is 0.378 e. The van der Waals surface area contributed by atoms with Crippen molar-refractivity contribution in [2.75, 3.05) is 7.11 Å². The number of rotatable bonds is 3. The van der Waals surface area contributed by atoms with Crippen molar-refractivity contribution in [3.8, 4) is 11.1 Å². The van der Waals surface area contributed by atoms with Crippen LogP contribution in [-0.4, -0.2) is 23.0 Å². The zero-order chi connectivity index (χ0) is 14.0. The van der Waals surface area contributed by atoms with Crippen LogP contribution in [0.5, 0.6) is 0 Å². The second-order valence-corrected chi connectivity index (χ2v) is 3.70. The third-order valence-corrected chi connectivity index (χ3v) is 2.54. The lowest BCUT2D eigenvalue weighted by Crippen LogP contribution is -2.03. The van der Waals surface area contributed by atoms with Gasteiger partial charge in [-0.3, -0.25) is 0 Å². The normalized spacial score (nSPS) is 10.2. The Morgan fingerprint density at radius 3 is 2.53 bits per heavy atom. The Hall–Kier alpha value is -2.70. The summed E-state index contributed by atoms with van der Waals surface area (Å²) in [4.78, 5) is 24.0. The zero-order valence-electron chi connectivity index (χ0n) is 9.84. The molecule has 1 aromatic heterocycles. The summed E-state index contributed by atoms with van der Waals surface area (Å²) < 4.78 is 17.4. The number of nitro groups is 1. The highest BCUT2D eigenvalue weighted by Crippen LogP contribution is 2.28. The van der Waals surface area contributed by atoms with Gasteiger partial charge in [0, 0.05) is 11.6 Å². The van der Waals surface area contributed by atoms with Gasteiger partial charge >= 0.3 is 11.8 Å². The molecule has 1 aromatic carbocycles. The van der Waals surface area contributed by atoms with Crippen LogP contribution in [0.4, 0.5) is 10.2 Å². The molecule has 0 amide bonds. The van der Waals surface area contributed by atoms with Crippen molar-refractivity contribution in [1.29, 1.82) is 0 Å². The molecule has 0 aliphatic carbocycles. The molecule has 98 valence electrons. The molecule has 0 spiro atoms. The molecule has 2 rings (SSSR count). The van der Waals surface area contributed by atoms with Gasteiger partial charge in [0.05, 0.1) is 7.11 Å². The van der Waals surface area contributed by atoms with E-state index in [1.165, 1.54) is 37.4 Å². The van der Waals surface area contributed by atoms with Gasteiger partial charge in [0.1, 0.15) is 5.82 Å². The van der Waals surface area contributed by atoms with E-state index >= 15 is 0 Å². The first-order valence-corrected chi connectivity index (χ1v) is 5.24. The molecule has 7 heteroatoms. The van der Waals surface area contributed by atoms with Crippen LogP contribution in [0.25, 0.3) is 11.1 Å². The van der Waals surface area contributed by atoms with Crippen LogP contribution in [-0.2, 0) is 4.74 Å². The zero-order valence-corrected chi connectivity index (χ0v) is 9.84. The van der Waals surface area contributed by atoms with Gasteiger partial charge in [-0.25, -0.2) is 14.2 Å². The summed E-state index contributed by atoms with van der Waals surface area (Å²) in [5.74, 6) is -1.50. The highest BCUT2D eigenvalue weighted by Gasteiger charge is 2.24. The minimum atomic E-state index is -0.729. The predicted octanol–water partition coefficient (Wildman–Crippen LogP) is 2.52. The minimum absolute atomic E-state index is 0.0409. The number of nitrogens with one attached hydrogen (secondary N) is 1. The molecule has 0 aliphatic heterocycles. The third-order valence-electron chi connectivity index (χ3n) is 2.54. The van der Waals surface area contributed by atoms with Crippen molar-refractivity contribution in [1.82, 2.24) is 4.98 Å². The Morgan fingerprint density at radius 2 is 2.00 bits per heavy atom. The van der Waals surface area contributed by atoms with E-state index in [2.05, 4.69) is 9.72 Å². The fourth-order valence-corrected chi connectivity index (χ4v) is 1.66. The van der Waals surface area contributed by atoms with E-state index in [9.17, 15) is 19.3 Å². The third kappa shape index (κ3) is 2.44. The van der Waals surface area contributed by atoms with E-state index in [4.69, 9.17) is 0 Å². The monoisotopic (exact) mass is 264 g/mol. The van der Waals surface area contributed by atoms with Crippen LogP contribution >= 0.6 is 0 Å². The number of halogens is 1. The second-order valence-electron chi connectivity index (χ2n) is 3.70. The summed E-state index contributed by atoms with van der Waals surface area (Å²) >= 11 is 0. The summed E-state index contributed by atoms with van der Waals surface area (Å²) in [6, 6.07) is 6.47. The Labute approximate surface area is 107 Å². The van der Waals surface area contributed by atoms with Crippen LogP contribution in [0, 0.1) is 15.9 Å². The molecule has 0 fully saturated rings. The lowest BCUT2D eigenvalue weighted by atomic mass is 10.1. The lowest BCUT2D eigenvalue weighted by molar-refractivity contribution is -0.389. The number of benzene rings is 1. The predicted molar refractivity (Wildman–Crippen MR) is 64.2 cm³/mol. The van der Waals surface area contributed by atoms with Gasteiger partial charge < -0.3 is 14.9 Å². The van der Waals surface area contributed by atoms with Crippen molar-refractivity contribution in [2.45, 2.75) is 0 Å². The van der Waals surface area contributed by atoms with Crippen LogP contribution < -0.4 is 0 Å². The number of ether oxygens (including phenoxy) is 1. The number of H-pyrrole nitrogens is 1. The average Bonchev–Trinajstić information content (AvgIpc) is 2.84. The molecule has 0 atom stereocenters. The standard InChI is InChI=1S/C12H9FN2O4/c1-19-12(16)11-9(6-10(14-11)15(17)18)7-2-4-8(13)5-3-7/h2-6,14H,1H3. The van der Waals surface area contributed by atoms with Crippen LogP contribution in [0.3, 0.4) is 0 Å². The van der Waals surface area contributed by atoms with Crippen LogP contribution in [0.2, 0.25) is 0 Å². The Morgan fingerprint density at radius 1 is 1.37 bits per heavy atom. The van der Waals surface area contributed by atoms with E-state index in [-0.39, 0.29) is 11.5 Å². The molecule has 2 aromatic rings. The highest BCUT2D eigenvalue weighted by molar-refractivity contribution is 5.96. The lowest BCUT2D eigenvalue weighted by Gasteiger charge is -1.99. The molecule has 0 bridgehead atoms. The molecule has 19 heavy (non-hydrogen) atoms. The number of esters is 1. The first-order chi connectivity index (χ1) is 9.02. The van der Waals surface area contributed by atoms with E-state index in [1.54, 1.807) is 0 Å². The number of aromatic amines is 1. The van der Waals surface area contributed by atoms with Crippen molar-refractivity contribution < 1.29 is 18.8 Å². The molecule has 0 unspecified atom stereocenters. The molecule has 0 radical (unpaired) electrons. The topological polar surface area (TPSA) is 85.2 Å². The van der Waals surface area contributed by atoms with Crippen molar-refractivity contribution >= 4 is 11.8 Å². The van der Waals surface area contributed by atoms with Gasteiger partial charge in [0.15, 0.2) is 0 Å². The molecule has 1 heterocycles. The maximum absolute atomic E-state index is 12.9. The number of carbonyl (C=O) groups is 1. The number of hydrogen-bond donors (Lipinski definition) is 1. The fourth-order valence-electron chi connectivity index (χ4n) is 1.66. The summed E-state index contributed by atoms with van der Waals surface area (Å²) in [7, 11) is 1.17. The molecular weight excluding hydrogens is 255 g/mol. The average molecular weight is 264 g/mol. The van der Waals surface area contributed by atoms with Crippen molar-refractivity contribution in [3.63, 3.8) is 0 Å². The van der Waals surface area contributed by atoms with E-state index in [1.807, 2.05) is 0 Å². The highest BCUT2D eigenvalue weighted by atomic mass is 19.1. The maximum atomic E-state index is 12.9. The van der Waals surface area contributed by atoms with Gasteiger partial charge in [0.25, 0.3) is 0 Å². The summed E-state index contributed by atoms with van der Waals surface area (Å²) in [5, 5.41) is 10.7. The molecule has 1 N–H and O–H groups in total. The first kappa shape index (κ1) is 12.7. The first-order valence-electron chi connectivity index (χ1n) is 5.24. The quantitative estimate of drug-likeness (QED) is 0.524. The van der Waals surface area contributed by atoms with Gasteiger partial charge in [-0.15, -0.1) is 0 Å². The van der Waals surface area contributed by atoms with Crippen molar-refractivity contribution in [2.24, 2.45) is 0 Å². The molecule has 0 saturated heterocycles. The number of carbonyl (C=O) groups excluding carboxylic acids is 1. The van der Waals surface area contributed by atoms with Gasteiger partial charge in [-0.2, -0.15) is 0 Å². The van der Waals surface area contributed by atoms with Gasteiger partial charge in [0.2, 0.25) is 5.69 Å². The largest absolute Gasteiger partial charge is 0.463 e. The van der Waals surface area contributed by atoms with Gasteiger partial charge in [-0.1, -0.05) is 12.1 Å². The summed E-state index contributed by atoms with van der Waals surface area (Å²) in [6.45, 7) is 0. The van der Waals surface area contributed by atoms with E-state index < -0.39 is 16.7 Å². The SMILES string of the molecule is COC(=O)c1[nH]c([N+](=O)[O-])cc1-c1ccc(F)cc1. The van der Waals surface area contributed by atoms with Crippen molar-refractivity contribution in [3.05, 3.63) is 52.0 Å². The number of aromatic nitrogens is 1. The number of nitrogens with zero attached hydrogens (tertiary/aromatic N) is 1. The number of hydrogen-bond acceptors (Lipinski definition) is 4. The number of methoxy groups -OCH3 is 1. The van der Waals surface area contributed by atoms with Crippen LogP contribution in [0.1, 0.15) is 10.5 Å². The summed E-state index contributed by atoms with van der Waals surface area (Å²) in [5.41, 5.74) is 0.727. The maximum Gasteiger partial charge on any atom is 0.378 e. The minimum Gasteiger partial charge on any atom is -0.463 e. The van der Waals surface area contributed by atoms with Crippen LogP contribution in [0.15, 0.2) is 30.3 Å². The molecule has 0 saturated carbocycles. The molecule has 6 nitrogen and oxygen atoms in total. The van der Waals surface area contributed by atoms with Gasteiger partial charge in [-0.05, 0) is 22.6 Å². The Kier molecular flexibility index (Phi) is 3.28. The van der Waals surface area contributed by atoms with E-state index in [0.29, 0.717) is 11.1 Å². The van der Waals surface area contributed by atoms with E-state index in [0.717, 1.165) is 0 Å².